The van der Waals surface area contributed by atoms with E-state index in [-0.39, 0.29) is 12.1 Å². The number of aromatic nitrogens is 3. The van der Waals surface area contributed by atoms with Gasteiger partial charge in [0.25, 0.3) is 0 Å². The van der Waals surface area contributed by atoms with Gasteiger partial charge in [-0.3, -0.25) is 5.10 Å². The molecule has 1 atom stereocenters. The van der Waals surface area contributed by atoms with E-state index in [4.69, 9.17) is 4.74 Å². The van der Waals surface area contributed by atoms with Crippen molar-refractivity contribution in [2.75, 3.05) is 19.0 Å². The molecule has 2 amide bonds. The molecule has 0 spiro atoms. The van der Waals surface area contributed by atoms with Gasteiger partial charge in [0.05, 0.1) is 11.7 Å². The Kier molecular flexibility index (Phi) is 4.67. The maximum atomic E-state index is 13.2. The molecule has 0 radical (unpaired) electrons. The number of H-pyrrole nitrogens is 1. The topological polar surface area (TPSA) is 83.1 Å². The van der Waals surface area contributed by atoms with Crippen LogP contribution in [0.3, 0.4) is 0 Å². The van der Waals surface area contributed by atoms with Crippen molar-refractivity contribution in [2.45, 2.75) is 44.8 Å². The van der Waals surface area contributed by atoms with Crippen LogP contribution in [0.25, 0.3) is 10.8 Å². The minimum absolute atomic E-state index is 0.0912. The predicted molar refractivity (Wildman–Crippen MR) is 111 cm³/mol. The van der Waals surface area contributed by atoms with E-state index in [0.29, 0.717) is 24.8 Å². The highest BCUT2D eigenvalue weighted by Gasteiger charge is 2.31. The van der Waals surface area contributed by atoms with Gasteiger partial charge in [-0.2, -0.15) is 5.10 Å². The largest absolute Gasteiger partial charge is 0.377 e. The summed E-state index contributed by atoms with van der Waals surface area (Å²) in [5, 5.41) is 12.8. The van der Waals surface area contributed by atoms with Crippen molar-refractivity contribution >= 4 is 22.5 Å². The summed E-state index contributed by atoms with van der Waals surface area (Å²) in [7, 11) is 1.63. The van der Waals surface area contributed by atoms with Crippen LogP contribution >= 0.6 is 0 Å². The number of aromatic amines is 1. The Morgan fingerprint density at radius 3 is 2.97 bits per heavy atom. The molecule has 1 aliphatic heterocycles. The molecule has 0 saturated carbocycles. The lowest BCUT2D eigenvalue weighted by Crippen LogP contribution is -2.41. The fourth-order valence-electron chi connectivity index (χ4n) is 4.65. The summed E-state index contributed by atoms with van der Waals surface area (Å²) in [5.74, 6) is 1.34. The maximum absolute atomic E-state index is 13.2. The smallest absolute Gasteiger partial charge is 0.322 e. The van der Waals surface area contributed by atoms with Crippen molar-refractivity contribution in [2.24, 2.45) is 0 Å². The standard InChI is InChI=1S/C22H25N5O2/c1-29-13-19-24-21(26-25-19)18-7-2-3-12-27(18)22(28)23-17-11-10-15-9-8-14-5-4-6-16(17)20(14)15/h4-6,10-11,18H,2-3,7-9,12-13H2,1H3,(H,23,28)(H,24,25,26). The number of nitrogens with one attached hydrogen (secondary N) is 2. The van der Waals surface area contributed by atoms with Crippen molar-refractivity contribution in [1.82, 2.24) is 20.1 Å². The van der Waals surface area contributed by atoms with Crippen molar-refractivity contribution in [3.05, 3.63) is 53.1 Å². The number of carbonyl (C=O) groups is 1. The Morgan fingerprint density at radius 1 is 1.24 bits per heavy atom. The zero-order chi connectivity index (χ0) is 19.8. The Morgan fingerprint density at radius 2 is 2.10 bits per heavy atom. The number of nitrogens with zero attached hydrogens (tertiary/aromatic N) is 3. The molecule has 1 fully saturated rings. The monoisotopic (exact) mass is 391 g/mol. The third-order valence-electron chi connectivity index (χ3n) is 6.01. The average molecular weight is 391 g/mol. The van der Waals surface area contributed by atoms with Gasteiger partial charge in [-0.1, -0.05) is 24.3 Å². The molecule has 2 N–H and O–H groups in total. The summed E-state index contributed by atoms with van der Waals surface area (Å²) in [5.41, 5.74) is 3.61. The van der Waals surface area contributed by atoms with Gasteiger partial charge in [-0.25, -0.2) is 9.78 Å². The minimum Gasteiger partial charge on any atom is -0.377 e. The number of amides is 2. The highest BCUT2D eigenvalue weighted by Crippen LogP contribution is 2.36. The van der Waals surface area contributed by atoms with Crippen LogP contribution in [0.1, 0.15) is 48.1 Å². The van der Waals surface area contributed by atoms with Crippen LogP contribution in [0.4, 0.5) is 10.5 Å². The van der Waals surface area contributed by atoms with Gasteiger partial charge in [-0.05, 0) is 54.7 Å². The van der Waals surface area contributed by atoms with Crippen LogP contribution in [0, 0.1) is 0 Å². The summed E-state index contributed by atoms with van der Waals surface area (Å²) in [4.78, 5) is 19.6. The van der Waals surface area contributed by atoms with E-state index in [1.165, 1.54) is 16.5 Å². The van der Waals surface area contributed by atoms with Gasteiger partial charge < -0.3 is 15.0 Å². The minimum atomic E-state index is -0.123. The second kappa shape index (κ2) is 7.48. The first-order valence-electron chi connectivity index (χ1n) is 10.3. The molecule has 2 aromatic carbocycles. The predicted octanol–water partition coefficient (Wildman–Crippen LogP) is 3.96. The highest BCUT2D eigenvalue weighted by atomic mass is 16.5. The molecule has 1 aromatic heterocycles. The van der Waals surface area contributed by atoms with Crippen LogP contribution in [0.5, 0.6) is 0 Å². The zero-order valence-electron chi connectivity index (χ0n) is 16.6. The van der Waals surface area contributed by atoms with Gasteiger partial charge in [0.15, 0.2) is 11.6 Å². The first-order chi connectivity index (χ1) is 14.2. The van der Waals surface area contributed by atoms with Gasteiger partial charge in [0.1, 0.15) is 6.61 Å². The number of likely N-dealkylation sites (tertiary alicyclic amines) is 1. The Balaban J connectivity index is 1.41. The van der Waals surface area contributed by atoms with Crippen LogP contribution in [-0.4, -0.2) is 39.8 Å². The number of hydrogen-bond acceptors (Lipinski definition) is 4. The second-order valence-corrected chi connectivity index (χ2v) is 7.82. The first kappa shape index (κ1) is 18.1. The summed E-state index contributed by atoms with van der Waals surface area (Å²) in [6.07, 6.45) is 5.06. The number of anilines is 1. The summed E-state index contributed by atoms with van der Waals surface area (Å²) >= 11 is 0. The fourth-order valence-corrected chi connectivity index (χ4v) is 4.65. The van der Waals surface area contributed by atoms with Crippen molar-refractivity contribution in [1.29, 1.82) is 0 Å². The highest BCUT2D eigenvalue weighted by molar-refractivity contribution is 6.04. The molecule has 3 aromatic rings. The lowest BCUT2D eigenvalue weighted by Gasteiger charge is -2.34. The molecular formula is C22H25N5O2. The normalized spacial score (nSPS) is 18.4. The van der Waals surface area contributed by atoms with Crippen LogP contribution in [-0.2, 0) is 24.2 Å². The molecule has 1 saturated heterocycles. The maximum Gasteiger partial charge on any atom is 0.322 e. The van der Waals surface area contributed by atoms with E-state index >= 15 is 0 Å². The molecule has 29 heavy (non-hydrogen) atoms. The summed E-state index contributed by atoms with van der Waals surface area (Å²) in [6, 6.07) is 10.3. The number of carbonyl (C=O) groups excluding carboxylic acids is 1. The SMILES string of the molecule is COCc1nc(C2CCCCN2C(=O)Nc2ccc3c4c(cccc24)CC3)n[nH]1. The Labute approximate surface area is 169 Å². The molecule has 0 bridgehead atoms. The van der Waals surface area contributed by atoms with E-state index in [9.17, 15) is 4.79 Å². The number of piperidine rings is 1. The van der Waals surface area contributed by atoms with E-state index in [1.54, 1.807) is 7.11 Å². The molecule has 1 aliphatic carbocycles. The quantitative estimate of drug-likeness (QED) is 0.705. The lowest BCUT2D eigenvalue weighted by atomic mass is 10.0. The number of aryl methyl sites for hydroxylation is 2. The number of methoxy groups -OCH3 is 1. The number of hydrogen-bond donors (Lipinski definition) is 2. The first-order valence-corrected chi connectivity index (χ1v) is 10.3. The molecule has 150 valence electrons. The van der Waals surface area contributed by atoms with Crippen molar-refractivity contribution in [3.8, 4) is 0 Å². The van der Waals surface area contributed by atoms with Gasteiger partial charge >= 0.3 is 6.03 Å². The summed E-state index contributed by atoms with van der Waals surface area (Å²) in [6.45, 7) is 1.08. The van der Waals surface area contributed by atoms with Crippen LogP contribution in [0.15, 0.2) is 30.3 Å². The van der Waals surface area contributed by atoms with Gasteiger partial charge in [-0.15, -0.1) is 0 Å². The Hall–Kier alpha value is -2.93. The van der Waals surface area contributed by atoms with Crippen molar-refractivity contribution in [3.63, 3.8) is 0 Å². The zero-order valence-corrected chi connectivity index (χ0v) is 16.6. The fraction of sp³-hybridized carbons (Fsp3) is 0.409. The second-order valence-electron chi connectivity index (χ2n) is 7.82. The number of urea groups is 1. The summed E-state index contributed by atoms with van der Waals surface area (Å²) < 4.78 is 5.12. The van der Waals surface area contributed by atoms with E-state index < -0.39 is 0 Å². The lowest BCUT2D eigenvalue weighted by molar-refractivity contribution is 0.159. The van der Waals surface area contributed by atoms with E-state index in [1.807, 2.05) is 11.0 Å². The van der Waals surface area contributed by atoms with Crippen LogP contribution in [0.2, 0.25) is 0 Å². The molecule has 7 nitrogen and oxygen atoms in total. The number of benzene rings is 2. The van der Waals surface area contributed by atoms with Gasteiger partial charge in [0, 0.05) is 19.0 Å². The van der Waals surface area contributed by atoms with Crippen molar-refractivity contribution < 1.29 is 9.53 Å². The molecule has 1 unspecified atom stereocenters. The Bertz CT molecular complexity index is 1050. The molecule has 2 heterocycles. The number of ether oxygens (including phenoxy) is 1. The molecule has 7 heteroatoms. The number of rotatable bonds is 4. The average Bonchev–Trinajstić information content (AvgIpc) is 3.39. The molecular weight excluding hydrogens is 366 g/mol. The van der Waals surface area contributed by atoms with Gasteiger partial charge in [0.2, 0.25) is 0 Å². The molecule has 2 aliphatic rings. The van der Waals surface area contributed by atoms with Crippen LogP contribution < -0.4 is 5.32 Å². The third-order valence-corrected chi connectivity index (χ3v) is 6.01. The van der Waals surface area contributed by atoms with E-state index in [2.05, 4.69) is 44.8 Å². The van der Waals surface area contributed by atoms with E-state index in [0.717, 1.165) is 43.2 Å². The third kappa shape index (κ3) is 3.25. The molecule has 5 rings (SSSR count).